The number of rotatable bonds is 1. The molecule has 0 amide bonds. The van der Waals surface area contributed by atoms with Crippen molar-refractivity contribution >= 4 is 5.69 Å². The maximum Gasteiger partial charge on any atom is 0.108 e. The summed E-state index contributed by atoms with van der Waals surface area (Å²) in [5, 5.41) is 13.2. The summed E-state index contributed by atoms with van der Waals surface area (Å²) in [6.07, 6.45) is 3.33. The van der Waals surface area contributed by atoms with E-state index in [0.717, 1.165) is 37.6 Å². The minimum atomic E-state index is 0.852. The van der Waals surface area contributed by atoms with Crippen molar-refractivity contribution in [2.45, 2.75) is 0 Å². The van der Waals surface area contributed by atoms with Gasteiger partial charge < -0.3 is 10.2 Å². The molecule has 0 aromatic heterocycles. The third-order valence-corrected chi connectivity index (χ3v) is 3.38. The van der Waals surface area contributed by atoms with E-state index in [4.69, 9.17) is 0 Å². The van der Waals surface area contributed by atoms with Crippen molar-refractivity contribution in [2.24, 2.45) is 0 Å². The summed E-state index contributed by atoms with van der Waals surface area (Å²) < 4.78 is 0. The van der Waals surface area contributed by atoms with E-state index in [2.05, 4.69) is 60.9 Å². The second-order valence-corrected chi connectivity index (χ2v) is 4.77. The fourth-order valence-corrected chi connectivity index (χ4v) is 2.27. The lowest BCUT2D eigenvalue weighted by molar-refractivity contribution is 0.589. The molecule has 3 aliphatic rings. The lowest BCUT2D eigenvalue weighted by Gasteiger charge is -2.29. The summed E-state index contributed by atoms with van der Waals surface area (Å²) in [6.45, 7) is 4.47. The van der Waals surface area contributed by atoms with Crippen LogP contribution in [0.1, 0.15) is 0 Å². The summed E-state index contributed by atoms with van der Waals surface area (Å²) in [5.74, 6) is 0. The molecule has 0 radical (unpaired) electrons. The van der Waals surface area contributed by atoms with E-state index in [-0.39, 0.29) is 0 Å². The lowest BCUT2D eigenvalue weighted by Crippen LogP contribution is -2.43. The fourth-order valence-electron chi connectivity index (χ4n) is 2.27. The van der Waals surface area contributed by atoms with Crippen LogP contribution >= 0.6 is 0 Å². The summed E-state index contributed by atoms with van der Waals surface area (Å²) in [4.78, 5) is 6.40. The number of para-hydroxylation sites is 1. The van der Waals surface area contributed by atoms with Crippen molar-refractivity contribution in [3.8, 4) is 11.4 Å². The summed E-state index contributed by atoms with van der Waals surface area (Å²) in [6, 6.07) is 12.4. The van der Waals surface area contributed by atoms with E-state index >= 15 is 0 Å². The predicted molar refractivity (Wildman–Crippen MR) is 82.3 cm³/mol. The zero-order valence-electron chi connectivity index (χ0n) is 11.7. The molecule has 6 nitrogen and oxygen atoms in total. The van der Waals surface area contributed by atoms with Gasteiger partial charge in [0.15, 0.2) is 0 Å². The topological polar surface area (TPSA) is 69.7 Å². The number of hydrogen-bond donors (Lipinski definition) is 2. The normalized spacial score (nSPS) is 14.6. The van der Waals surface area contributed by atoms with Gasteiger partial charge in [-0.25, -0.2) is 0 Å². The highest BCUT2D eigenvalue weighted by atomic mass is 15.3. The van der Waals surface area contributed by atoms with Crippen molar-refractivity contribution in [1.82, 2.24) is 25.7 Å². The van der Waals surface area contributed by atoms with E-state index in [1.54, 1.807) is 12.4 Å². The van der Waals surface area contributed by atoms with Crippen molar-refractivity contribution < 1.29 is 0 Å². The maximum atomic E-state index is 3.98. The minimum absolute atomic E-state index is 0.852. The molecule has 1 aromatic rings. The number of nitrogens with zero attached hydrogens (tertiary/aromatic N) is 4. The van der Waals surface area contributed by atoms with Gasteiger partial charge in [0.25, 0.3) is 0 Å². The highest BCUT2D eigenvalue weighted by Gasteiger charge is 2.08. The van der Waals surface area contributed by atoms with Crippen LogP contribution in [0.3, 0.4) is 0 Å². The van der Waals surface area contributed by atoms with Crippen molar-refractivity contribution in [3.63, 3.8) is 0 Å². The van der Waals surface area contributed by atoms with Gasteiger partial charge in [0.2, 0.25) is 0 Å². The summed E-state index contributed by atoms with van der Waals surface area (Å²) in [7, 11) is 0. The molecule has 1 fully saturated rings. The maximum absolute atomic E-state index is 3.98. The molecule has 6 heteroatoms. The molecule has 21 heavy (non-hydrogen) atoms. The predicted octanol–water partition coefficient (Wildman–Crippen LogP) is 1.40. The highest BCUT2D eigenvalue weighted by molar-refractivity contribution is 5.52. The molecular formula is C15H18N6. The molecular weight excluding hydrogens is 264 g/mol. The molecule has 0 unspecified atom stereocenters. The SMILES string of the molecule is c1cc2[nH]nncc-2n1.c1ccc(N2CCNCC2)cc1. The highest BCUT2D eigenvalue weighted by Crippen LogP contribution is 2.13. The second-order valence-electron chi connectivity index (χ2n) is 4.77. The average Bonchev–Trinajstić information content (AvgIpc) is 3.06. The molecule has 4 rings (SSSR count). The number of anilines is 1. The van der Waals surface area contributed by atoms with Crippen LogP contribution in [-0.2, 0) is 0 Å². The molecule has 1 aromatic carbocycles. The smallest absolute Gasteiger partial charge is 0.108 e. The number of H-pyrrole nitrogens is 1. The Balaban J connectivity index is 0.000000131. The Hall–Kier alpha value is -2.47. The van der Waals surface area contributed by atoms with Crippen LogP contribution in [0.2, 0.25) is 0 Å². The molecule has 0 aliphatic carbocycles. The van der Waals surface area contributed by atoms with Crippen LogP contribution in [0, 0.1) is 0 Å². The van der Waals surface area contributed by atoms with Crippen molar-refractivity contribution in [2.75, 3.05) is 31.1 Å². The summed E-state index contributed by atoms with van der Waals surface area (Å²) in [5.41, 5.74) is 3.12. The molecule has 2 N–H and O–H groups in total. The number of benzene rings is 1. The Kier molecular flexibility index (Phi) is 4.38. The molecule has 3 aliphatic heterocycles. The molecule has 1 saturated heterocycles. The fraction of sp³-hybridized carbons (Fsp3) is 0.267. The third kappa shape index (κ3) is 3.55. The number of hydrogen-bond acceptors (Lipinski definition) is 5. The van der Waals surface area contributed by atoms with Gasteiger partial charge in [0.1, 0.15) is 5.69 Å². The van der Waals surface area contributed by atoms with E-state index in [9.17, 15) is 0 Å². The molecule has 108 valence electrons. The Morgan fingerprint density at radius 1 is 1.00 bits per heavy atom. The van der Waals surface area contributed by atoms with Gasteiger partial charge >= 0.3 is 0 Å². The van der Waals surface area contributed by atoms with Gasteiger partial charge in [0, 0.05) is 38.1 Å². The van der Waals surface area contributed by atoms with E-state index in [1.807, 2.05) is 6.07 Å². The van der Waals surface area contributed by atoms with Gasteiger partial charge in [-0.15, -0.1) is 5.10 Å². The molecule has 0 saturated carbocycles. The number of nitrogens with one attached hydrogen (secondary N) is 2. The van der Waals surface area contributed by atoms with Crippen LogP contribution in [0.15, 0.2) is 48.8 Å². The van der Waals surface area contributed by atoms with Crippen LogP contribution < -0.4 is 10.2 Å². The van der Waals surface area contributed by atoms with Crippen LogP contribution in [-0.4, -0.2) is 46.6 Å². The standard InChI is InChI=1S/C10H14N2.C5H4N4/c1-2-4-10(5-3-1)12-8-6-11-7-9-12;1-2-6-5-3-7-9-8-4(1)5/h1-5,11H,6-9H2;1-3H,(H,7,8). The number of aromatic amines is 1. The summed E-state index contributed by atoms with van der Waals surface area (Å²) >= 11 is 0. The third-order valence-electron chi connectivity index (χ3n) is 3.38. The number of piperazine rings is 1. The number of aromatic nitrogens is 4. The van der Waals surface area contributed by atoms with E-state index < -0.39 is 0 Å². The Morgan fingerprint density at radius 2 is 1.81 bits per heavy atom. The van der Waals surface area contributed by atoms with Gasteiger partial charge in [-0.1, -0.05) is 23.4 Å². The first-order chi connectivity index (χ1) is 10.4. The van der Waals surface area contributed by atoms with Crippen molar-refractivity contribution in [1.29, 1.82) is 0 Å². The lowest BCUT2D eigenvalue weighted by atomic mass is 10.2. The monoisotopic (exact) mass is 282 g/mol. The van der Waals surface area contributed by atoms with Gasteiger partial charge in [-0.05, 0) is 18.2 Å². The van der Waals surface area contributed by atoms with Gasteiger partial charge in [-0.2, -0.15) is 0 Å². The largest absolute Gasteiger partial charge is 0.369 e. The first kappa shape index (κ1) is 13.5. The average molecular weight is 282 g/mol. The Bertz CT molecular complexity index is 590. The first-order valence-electron chi connectivity index (χ1n) is 7.05. The zero-order chi connectivity index (χ0) is 14.3. The molecule has 0 spiro atoms. The van der Waals surface area contributed by atoms with Crippen LogP contribution in [0.25, 0.3) is 11.4 Å². The quantitative estimate of drug-likeness (QED) is 0.706. The van der Waals surface area contributed by atoms with E-state index in [1.165, 1.54) is 5.69 Å². The Labute approximate surface area is 123 Å². The Morgan fingerprint density at radius 3 is 2.57 bits per heavy atom. The molecule has 0 bridgehead atoms. The van der Waals surface area contributed by atoms with Gasteiger partial charge in [0.05, 0.1) is 11.9 Å². The first-order valence-corrected chi connectivity index (χ1v) is 7.05. The van der Waals surface area contributed by atoms with Crippen LogP contribution in [0.5, 0.6) is 0 Å². The molecule has 0 atom stereocenters. The van der Waals surface area contributed by atoms with Crippen molar-refractivity contribution in [3.05, 3.63) is 48.8 Å². The molecule has 3 heterocycles. The second kappa shape index (κ2) is 6.81. The number of fused-ring (bicyclic) bond motifs is 1. The van der Waals surface area contributed by atoms with Gasteiger partial charge in [-0.3, -0.25) is 10.1 Å². The van der Waals surface area contributed by atoms with Crippen LogP contribution in [0.4, 0.5) is 5.69 Å². The zero-order valence-corrected chi connectivity index (χ0v) is 11.7. The minimum Gasteiger partial charge on any atom is -0.369 e. The van der Waals surface area contributed by atoms with E-state index in [0.29, 0.717) is 0 Å².